The molecule has 1 unspecified atom stereocenters. The topological polar surface area (TPSA) is 86.3 Å². The minimum Gasteiger partial charge on any atom is -0.481 e. The van der Waals surface area contributed by atoms with Crippen LogP contribution in [0.15, 0.2) is 72.9 Å². The molecule has 1 aromatic heterocycles. The molecule has 1 aliphatic rings. The Hall–Kier alpha value is -3.38. The van der Waals surface area contributed by atoms with Crippen molar-refractivity contribution in [3.8, 4) is 0 Å². The van der Waals surface area contributed by atoms with Crippen LogP contribution < -0.4 is 16.0 Å². The third-order valence-corrected chi connectivity index (χ3v) is 6.20. The van der Waals surface area contributed by atoms with Gasteiger partial charge in [-0.05, 0) is 41.7 Å². The highest BCUT2D eigenvalue weighted by Gasteiger charge is 2.27. The van der Waals surface area contributed by atoms with E-state index in [0.717, 1.165) is 35.7 Å². The first-order chi connectivity index (χ1) is 15.5. The average Bonchev–Trinajstić information content (AvgIpc) is 2.84. The van der Waals surface area contributed by atoms with Gasteiger partial charge in [-0.15, -0.1) is 0 Å². The van der Waals surface area contributed by atoms with Crippen molar-refractivity contribution in [2.45, 2.75) is 37.8 Å². The van der Waals surface area contributed by atoms with E-state index < -0.39 is 11.9 Å². The minimum atomic E-state index is -0.804. The Morgan fingerprint density at radius 2 is 1.81 bits per heavy atom. The first-order valence-electron chi connectivity index (χ1n) is 11.1. The van der Waals surface area contributed by atoms with Gasteiger partial charge >= 0.3 is 5.97 Å². The zero-order valence-corrected chi connectivity index (χ0v) is 18.5. The summed E-state index contributed by atoms with van der Waals surface area (Å²) < 4.78 is 0. The minimum absolute atomic E-state index is 0.0856. The lowest BCUT2D eigenvalue weighted by molar-refractivity contribution is -0.138. The molecule has 0 fully saturated rings. The number of fused-ring (bicyclic) bond motifs is 1. The summed E-state index contributed by atoms with van der Waals surface area (Å²) in [6.07, 6.45) is 1.80. The van der Waals surface area contributed by atoms with E-state index in [9.17, 15) is 9.90 Å². The van der Waals surface area contributed by atoms with Gasteiger partial charge in [0.15, 0.2) is 0 Å². The van der Waals surface area contributed by atoms with Crippen molar-refractivity contribution in [2.75, 3.05) is 23.7 Å². The molecule has 2 aromatic carbocycles. The van der Waals surface area contributed by atoms with Crippen LogP contribution in [-0.4, -0.2) is 35.2 Å². The van der Waals surface area contributed by atoms with Gasteiger partial charge in [0.25, 0.3) is 0 Å². The molecule has 32 heavy (non-hydrogen) atoms. The van der Waals surface area contributed by atoms with Crippen LogP contribution in [0.4, 0.5) is 11.5 Å². The lowest BCUT2D eigenvalue weighted by Crippen LogP contribution is -2.45. The van der Waals surface area contributed by atoms with Gasteiger partial charge in [0.1, 0.15) is 5.82 Å². The highest BCUT2D eigenvalue weighted by atomic mass is 16.4. The fourth-order valence-electron chi connectivity index (χ4n) is 4.16. The molecule has 0 radical (unpaired) electrons. The molecule has 4 atom stereocenters. The summed E-state index contributed by atoms with van der Waals surface area (Å²) in [5, 5.41) is 20.2. The van der Waals surface area contributed by atoms with Crippen molar-refractivity contribution < 1.29 is 9.90 Å². The van der Waals surface area contributed by atoms with Crippen molar-refractivity contribution in [2.24, 2.45) is 0 Å². The van der Waals surface area contributed by atoms with Crippen LogP contribution in [0, 0.1) is 0 Å². The van der Waals surface area contributed by atoms with Crippen molar-refractivity contribution in [3.63, 3.8) is 0 Å². The molecule has 1 aliphatic heterocycles. The van der Waals surface area contributed by atoms with Gasteiger partial charge in [-0.25, -0.2) is 4.98 Å². The molecule has 0 saturated carbocycles. The van der Waals surface area contributed by atoms with Crippen molar-refractivity contribution in [3.05, 3.63) is 89.6 Å². The molecule has 0 aliphatic carbocycles. The third kappa shape index (κ3) is 4.92. The molecule has 0 amide bonds. The average molecular weight is 431 g/mol. The molecular formula is C26H30N4O2. The second-order valence-electron chi connectivity index (χ2n) is 8.46. The van der Waals surface area contributed by atoms with Gasteiger partial charge < -0.3 is 21.1 Å². The fourth-order valence-corrected chi connectivity index (χ4v) is 4.16. The standard InChI is InChI=1S/C26H30N4O2/c1-17(20-10-6-11-21(14-20)18(2)26(31)32)15-29-24(19-8-4-3-5-9-19)23-16-28-22-12-7-13-27-25(22)30-23/h3-14,17-18,23-24,28-29H,15-16H2,1-2H3,(H,27,30)(H,31,32)/t17-,18?,23-,24-/m1/s1. The molecule has 6 heteroatoms. The molecular weight excluding hydrogens is 400 g/mol. The molecule has 4 N–H and O–H groups in total. The molecule has 0 saturated heterocycles. The number of nitrogens with zero attached hydrogens (tertiary/aromatic N) is 1. The van der Waals surface area contributed by atoms with Crippen LogP contribution in [0.2, 0.25) is 0 Å². The van der Waals surface area contributed by atoms with Gasteiger partial charge in [0, 0.05) is 19.3 Å². The highest BCUT2D eigenvalue weighted by Crippen LogP contribution is 2.29. The summed E-state index contributed by atoms with van der Waals surface area (Å²) in [6.45, 7) is 5.44. The predicted molar refractivity (Wildman–Crippen MR) is 128 cm³/mol. The number of carboxylic acids is 1. The van der Waals surface area contributed by atoms with Gasteiger partial charge in [0.05, 0.1) is 23.7 Å². The van der Waals surface area contributed by atoms with E-state index >= 15 is 0 Å². The van der Waals surface area contributed by atoms with Gasteiger partial charge in [-0.2, -0.15) is 0 Å². The van der Waals surface area contributed by atoms with Gasteiger partial charge in [-0.3, -0.25) is 4.79 Å². The van der Waals surface area contributed by atoms with Crippen LogP contribution in [0.1, 0.15) is 48.4 Å². The van der Waals surface area contributed by atoms with Crippen LogP contribution in [0.5, 0.6) is 0 Å². The summed E-state index contributed by atoms with van der Waals surface area (Å²) in [5.41, 5.74) is 4.21. The molecule has 166 valence electrons. The lowest BCUT2D eigenvalue weighted by Gasteiger charge is -2.35. The van der Waals surface area contributed by atoms with E-state index in [1.54, 1.807) is 13.1 Å². The maximum atomic E-state index is 11.4. The highest BCUT2D eigenvalue weighted by molar-refractivity contribution is 5.75. The number of hydrogen-bond donors (Lipinski definition) is 4. The predicted octanol–water partition coefficient (Wildman–Crippen LogP) is 4.61. The Morgan fingerprint density at radius 1 is 1.06 bits per heavy atom. The third-order valence-electron chi connectivity index (χ3n) is 6.20. The number of pyridine rings is 1. The summed E-state index contributed by atoms with van der Waals surface area (Å²) in [5.74, 6) is -0.224. The van der Waals surface area contributed by atoms with Crippen LogP contribution >= 0.6 is 0 Å². The number of anilines is 2. The van der Waals surface area contributed by atoms with Crippen LogP contribution in [0.3, 0.4) is 0 Å². The fraction of sp³-hybridized carbons (Fsp3) is 0.308. The van der Waals surface area contributed by atoms with E-state index in [4.69, 9.17) is 0 Å². The first kappa shape index (κ1) is 21.8. The summed E-state index contributed by atoms with van der Waals surface area (Å²) in [4.78, 5) is 15.9. The van der Waals surface area contributed by atoms with Crippen LogP contribution in [-0.2, 0) is 4.79 Å². The first-order valence-corrected chi connectivity index (χ1v) is 11.1. The zero-order chi connectivity index (χ0) is 22.5. The molecule has 2 heterocycles. The SMILES string of the molecule is CC(C(=O)O)c1cccc([C@H](C)CN[C@H](c2ccccc2)[C@H]2CNc3cccnc3N2)c1. The zero-order valence-electron chi connectivity index (χ0n) is 18.5. The summed E-state index contributed by atoms with van der Waals surface area (Å²) in [7, 11) is 0. The number of nitrogens with one attached hydrogen (secondary N) is 3. The van der Waals surface area contributed by atoms with E-state index in [2.05, 4.69) is 58.2 Å². The number of benzene rings is 2. The van der Waals surface area contributed by atoms with Crippen LogP contribution in [0.25, 0.3) is 0 Å². The Kier molecular flexibility index (Phi) is 6.71. The Morgan fingerprint density at radius 3 is 2.59 bits per heavy atom. The number of aliphatic carboxylic acids is 1. The normalized spacial score (nSPS) is 17.9. The van der Waals surface area contributed by atoms with Gasteiger partial charge in [-0.1, -0.05) is 61.5 Å². The van der Waals surface area contributed by atoms with E-state index in [1.165, 1.54) is 5.56 Å². The van der Waals surface area contributed by atoms with Gasteiger partial charge in [0.2, 0.25) is 0 Å². The Bertz CT molecular complexity index is 1060. The quantitative estimate of drug-likeness (QED) is 0.418. The number of carbonyl (C=O) groups is 1. The number of rotatable bonds is 8. The Labute approximate surface area is 189 Å². The molecule has 4 rings (SSSR count). The molecule has 0 bridgehead atoms. The smallest absolute Gasteiger partial charge is 0.310 e. The van der Waals surface area contributed by atoms with E-state index in [1.807, 2.05) is 36.4 Å². The number of aromatic nitrogens is 1. The maximum Gasteiger partial charge on any atom is 0.310 e. The summed E-state index contributed by atoms with van der Waals surface area (Å²) >= 11 is 0. The molecule has 6 nitrogen and oxygen atoms in total. The maximum absolute atomic E-state index is 11.4. The molecule has 3 aromatic rings. The monoisotopic (exact) mass is 430 g/mol. The van der Waals surface area contributed by atoms with Crippen molar-refractivity contribution in [1.82, 2.24) is 10.3 Å². The largest absolute Gasteiger partial charge is 0.481 e. The van der Waals surface area contributed by atoms with Crippen molar-refractivity contribution >= 4 is 17.5 Å². The number of hydrogen-bond acceptors (Lipinski definition) is 5. The Balaban J connectivity index is 1.50. The van der Waals surface area contributed by atoms with Crippen molar-refractivity contribution in [1.29, 1.82) is 0 Å². The number of carboxylic acid groups (broad SMARTS) is 1. The van der Waals surface area contributed by atoms with E-state index in [0.29, 0.717) is 0 Å². The molecule has 0 spiro atoms. The van der Waals surface area contributed by atoms with E-state index in [-0.39, 0.29) is 18.0 Å². The summed E-state index contributed by atoms with van der Waals surface area (Å²) in [6, 6.07) is 22.5. The second-order valence-corrected chi connectivity index (χ2v) is 8.46. The lowest BCUT2D eigenvalue weighted by atomic mass is 9.93. The second kappa shape index (κ2) is 9.83.